The predicted molar refractivity (Wildman–Crippen MR) is 226 cm³/mol. The van der Waals surface area contributed by atoms with Gasteiger partial charge in [0.15, 0.2) is 34.9 Å². The van der Waals surface area contributed by atoms with Crippen LogP contribution < -0.4 is 0 Å². The van der Waals surface area contributed by atoms with Crippen molar-refractivity contribution in [3.63, 3.8) is 0 Å². The lowest BCUT2D eigenvalue weighted by Gasteiger charge is -2.09. The Labute approximate surface area is 324 Å². The number of aromatic nitrogens is 6. The molecule has 0 radical (unpaired) electrons. The van der Waals surface area contributed by atoms with Crippen molar-refractivity contribution in [2.24, 2.45) is 0 Å². The third-order valence-electron chi connectivity index (χ3n) is 9.99. The summed E-state index contributed by atoms with van der Waals surface area (Å²) in [6.45, 7) is 0. The molecule has 11 aromatic rings. The second kappa shape index (κ2) is 13.2. The first-order chi connectivity index (χ1) is 27.7. The Morgan fingerprint density at radius 2 is 0.714 bits per heavy atom. The molecule has 7 aromatic carbocycles. The van der Waals surface area contributed by atoms with Crippen molar-refractivity contribution in [2.45, 2.75) is 0 Å². The number of rotatable bonds is 6. The van der Waals surface area contributed by atoms with Crippen molar-refractivity contribution in [2.75, 3.05) is 0 Å². The molecular formula is C48H28N6OS. The second-order valence-electron chi connectivity index (χ2n) is 13.5. The molecule has 0 saturated heterocycles. The molecular weight excluding hydrogens is 709 g/mol. The van der Waals surface area contributed by atoms with Crippen LogP contribution in [0, 0.1) is 0 Å². The van der Waals surface area contributed by atoms with Crippen molar-refractivity contribution >= 4 is 53.4 Å². The quantitative estimate of drug-likeness (QED) is 0.168. The first-order valence-corrected chi connectivity index (χ1v) is 19.1. The lowest BCUT2D eigenvalue weighted by atomic mass is 10.1. The van der Waals surface area contributed by atoms with Gasteiger partial charge in [0.2, 0.25) is 0 Å². The van der Waals surface area contributed by atoms with Gasteiger partial charge in [-0.1, -0.05) is 127 Å². The third-order valence-corrected chi connectivity index (χ3v) is 11.1. The molecule has 7 nitrogen and oxygen atoms in total. The van der Waals surface area contributed by atoms with E-state index in [2.05, 4.69) is 54.6 Å². The number of para-hydroxylation sites is 1. The van der Waals surface area contributed by atoms with Crippen LogP contribution in [0.4, 0.5) is 0 Å². The number of nitrogens with zero attached hydrogens (tertiary/aromatic N) is 6. The minimum atomic E-state index is 0.583. The first kappa shape index (κ1) is 32.0. The van der Waals surface area contributed by atoms with E-state index < -0.39 is 0 Å². The molecule has 0 aliphatic rings. The van der Waals surface area contributed by atoms with E-state index in [4.69, 9.17) is 34.3 Å². The largest absolute Gasteiger partial charge is 0.456 e. The summed E-state index contributed by atoms with van der Waals surface area (Å²) < 4.78 is 8.53. The van der Waals surface area contributed by atoms with Gasteiger partial charge >= 0.3 is 0 Å². The molecule has 0 N–H and O–H groups in total. The van der Waals surface area contributed by atoms with E-state index in [0.717, 1.165) is 70.8 Å². The second-order valence-corrected chi connectivity index (χ2v) is 14.6. The molecule has 0 aliphatic heterocycles. The normalized spacial score (nSPS) is 11.6. The van der Waals surface area contributed by atoms with Gasteiger partial charge in [0, 0.05) is 64.3 Å². The maximum atomic E-state index is 6.23. The van der Waals surface area contributed by atoms with Gasteiger partial charge in [-0.3, -0.25) is 0 Å². The van der Waals surface area contributed by atoms with Crippen LogP contribution in [0.15, 0.2) is 174 Å². The van der Waals surface area contributed by atoms with Gasteiger partial charge in [-0.25, -0.2) is 29.9 Å². The molecule has 11 rings (SSSR count). The molecule has 0 atom stereocenters. The molecule has 56 heavy (non-hydrogen) atoms. The van der Waals surface area contributed by atoms with E-state index in [0.29, 0.717) is 34.9 Å². The summed E-state index contributed by atoms with van der Waals surface area (Å²) in [4.78, 5) is 29.9. The highest BCUT2D eigenvalue weighted by atomic mass is 32.1. The molecule has 4 heterocycles. The molecule has 0 amide bonds. The highest BCUT2D eigenvalue weighted by Crippen LogP contribution is 2.39. The number of fused-ring (bicyclic) bond motifs is 6. The van der Waals surface area contributed by atoms with Crippen LogP contribution in [0.25, 0.3) is 110 Å². The average Bonchev–Trinajstić information content (AvgIpc) is 3.84. The first-order valence-electron chi connectivity index (χ1n) is 18.3. The maximum Gasteiger partial charge on any atom is 0.164 e. The third kappa shape index (κ3) is 5.68. The lowest BCUT2D eigenvalue weighted by Crippen LogP contribution is -2.00. The van der Waals surface area contributed by atoms with Gasteiger partial charge in [-0.15, -0.1) is 11.3 Å². The van der Waals surface area contributed by atoms with Crippen LogP contribution in [-0.4, -0.2) is 29.9 Å². The summed E-state index contributed by atoms with van der Waals surface area (Å²) in [6.07, 6.45) is 0. The SMILES string of the molecule is c1ccc(-c2nc(-c3ccc4c(c3)oc3ccccc34)nc(-c3ccc4c(c3)sc3ccc(-c5nc(-c6ccccc6)nc(-c6ccccc6)n5)cc34)n2)cc1. The van der Waals surface area contributed by atoms with Gasteiger partial charge in [-0.05, 0) is 42.5 Å². The highest BCUT2D eigenvalue weighted by Gasteiger charge is 2.17. The van der Waals surface area contributed by atoms with Gasteiger partial charge in [-0.2, -0.15) is 0 Å². The van der Waals surface area contributed by atoms with E-state index in [1.54, 1.807) is 11.3 Å². The zero-order valence-corrected chi connectivity index (χ0v) is 30.5. The number of thiophene rings is 1. The molecule has 0 saturated carbocycles. The van der Waals surface area contributed by atoms with Crippen LogP contribution in [0.1, 0.15) is 0 Å². The Bertz CT molecular complexity index is 3200. The smallest absolute Gasteiger partial charge is 0.164 e. The molecule has 8 heteroatoms. The Morgan fingerprint density at radius 1 is 0.286 bits per heavy atom. The summed E-state index contributed by atoms with van der Waals surface area (Å²) in [5.74, 6) is 3.70. The number of furan rings is 1. The fourth-order valence-electron chi connectivity index (χ4n) is 7.21. The van der Waals surface area contributed by atoms with Crippen LogP contribution >= 0.6 is 11.3 Å². The van der Waals surface area contributed by atoms with Crippen LogP contribution in [0.3, 0.4) is 0 Å². The lowest BCUT2D eigenvalue weighted by molar-refractivity contribution is 0.669. The monoisotopic (exact) mass is 736 g/mol. The highest BCUT2D eigenvalue weighted by molar-refractivity contribution is 7.25. The van der Waals surface area contributed by atoms with E-state index in [1.165, 1.54) is 4.70 Å². The Hall–Kier alpha value is -7.42. The average molecular weight is 737 g/mol. The maximum absolute atomic E-state index is 6.23. The Kier molecular flexibility index (Phi) is 7.53. The number of hydrogen-bond donors (Lipinski definition) is 0. The van der Waals surface area contributed by atoms with Crippen LogP contribution in [-0.2, 0) is 0 Å². The molecule has 4 aromatic heterocycles. The van der Waals surface area contributed by atoms with E-state index in [-0.39, 0.29) is 0 Å². The minimum Gasteiger partial charge on any atom is -0.456 e. The summed E-state index contributed by atoms with van der Waals surface area (Å²) >= 11 is 1.74. The number of benzene rings is 7. The topological polar surface area (TPSA) is 90.5 Å². The molecule has 0 aliphatic carbocycles. The van der Waals surface area contributed by atoms with Crippen molar-refractivity contribution < 1.29 is 4.42 Å². The minimum absolute atomic E-state index is 0.583. The van der Waals surface area contributed by atoms with E-state index in [9.17, 15) is 0 Å². The molecule has 0 unspecified atom stereocenters. The van der Waals surface area contributed by atoms with E-state index in [1.807, 2.05) is 115 Å². The van der Waals surface area contributed by atoms with Gasteiger partial charge in [0.25, 0.3) is 0 Å². The van der Waals surface area contributed by atoms with Crippen molar-refractivity contribution in [3.8, 4) is 68.3 Å². The number of hydrogen-bond acceptors (Lipinski definition) is 8. The predicted octanol–water partition coefficient (Wildman–Crippen LogP) is 12.3. The van der Waals surface area contributed by atoms with Gasteiger partial charge in [0.05, 0.1) is 0 Å². The summed E-state index contributed by atoms with van der Waals surface area (Å²) in [5.41, 5.74) is 7.14. The zero-order chi connectivity index (χ0) is 37.0. The van der Waals surface area contributed by atoms with Gasteiger partial charge < -0.3 is 4.42 Å². The van der Waals surface area contributed by atoms with E-state index >= 15 is 0 Å². The molecule has 0 fully saturated rings. The summed E-state index contributed by atoms with van der Waals surface area (Å²) in [7, 11) is 0. The van der Waals surface area contributed by atoms with Crippen LogP contribution in [0.2, 0.25) is 0 Å². The molecule has 0 bridgehead atoms. The van der Waals surface area contributed by atoms with Gasteiger partial charge in [0.1, 0.15) is 11.2 Å². The summed E-state index contributed by atoms with van der Waals surface area (Å²) in [6, 6.07) is 57.3. The standard InChI is InChI=1S/C48H28N6OS/c1-4-12-29(13-5-1)43-49-44(30-14-6-2-7-15-30)51-46(50-43)32-22-25-41-38(26-32)37-24-21-34(28-42(37)56-41)48-53-45(31-16-8-3-9-17-31)52-47(54-48)33-20-23-36-35-18-10-11-19-39(35)55-40(36)27-33/h1-28H. The fourth-order valence-corrected chi connectivity index (χ4v) is 8.33. The van der Waals surface area contributed by atoms with Crippen molar-refractivity contribution in [1.82, 2.24) is 29.9 Å². The van der Waals surface area contributed by atoms with Crippen molar-refractivity contribution in [3.05, 3.63) is 170 Å². The zero-order valence-electron chi connectivity index (χ0n) is 29.7. The fraction of sp³-hybridized carbons (Fsp3) is 0. The Balaban J connectivity index is 1.02. The van der Waals surface area contributed by atoms with Crippen molar-refractivity contribution in [1.29, 1.82) is 0 Å². The Morgan fingerprint density at radius 3 is 1.29 bits per heavy atom. The van der Waals surface area contributed by atoms with Crippen LogP contribution in [0.5, 0.6) is 0 Å². The summed E-state index contributed by atoms with van der Waals surface area (Å²) in [5, 5.41) is 4.42. The molecule has 0 spiro atoms. The molecule has 262 valence electrons.